The van der Waals surface area contributed by atoms with Crippen LogP contribution >= 0.6 is 0 Å². The molecule has 26 heavy (non-hydrogen) atoms. The van der Waals surface area contributed by atoms with Gasteiger partial charge in [0.2, 0.25) is 0 Å². The molecule has 5 N–H and O–H groups in total. The molecule has 0 atom stereocenters. The lowest BCUT2D eigenvalue weighted by molar-refractivity contribution is 0.0695. The first-order valence-electron chi connectivity index (χ1n) is 7.71. The van der Waals surface area contributed by atoms with E-state index in [1.54, 1.807) is 12.1 Å². The number of nitrogen functional groups attached to an aromatic ring is 2. The summed E-state index contributed by atoms with van der Waals surface area (Å²) in [5.41, 5.74) is 13.2. The van der Waals surface area contributed by atoms with E-state index in [2.05, 4.69) is 0 Å². The zero-order valence-corrected chi connectivity index (χ0v) is 13.4. The normalized spacial score (nSPS) is 13.3. The zero-order valence-electron chi connectivity index (χ0n) is 13.4. The van der Waals surface area contributed by atoms with Gasteiger partial charge >= 0.3 is 5.97 Å². The van der Waals surface area contributed by atoms with Gasteiger partial charge in [-0.15, -0.1) is 0 Å². The number of benzene rings is 3. The number of anilines is 3. The number of imide groups is 1. The summed E-state index contributed by atoms with van der Waals surface area (Å²) in [6.07, 6.45) is 0. The summed E-state index contributed by atoms with van der Waals surface area (Å²) in [6, 6.07) is 12.0. The van der Waals surface area contributed by atoms with Crippen molar-refractivity contribution in [2.75, 3.05) is 16.4 Å². The maximum Gasteiger partial charge on any atom is 0.335 e. The monoisotopic (exact) mass is 347 g/mol. The second kappa shape index (κ2) is 5.32. The lowest BCUT2D eigenvalue weighted by Gasteiger charge is -2.28. The Labute approximate surface area is 147 Å². The van der Waals surface area contributed by atoms with Crippen molar-refractivity contribution in [3.8, 4) is 0 Å². The molecule has 0 aliphatic carbocycles. The quantitative estimate of drug-likeness (QED) is 0.483. The van der Waals surface area contributed by atoms with E-state index in [0.717, 1.165) is 4.90 Å². The molecule has 1 aliphatic rings. The van der Waals surface area contributed by atoms with E-state index in [1.165, 1.54) is 36.4 Å². The molecule has 0 aromatic heterocycles. The fourth-order valence-electron chi connectivity index (χ4n) is 3.25. The molecule has 0 spiro atoms. The van der Waals surface area contributed by atoms with Gasteiger partial charge in [0, 0.05) is 16.8 Å². The van der Waals surface area contributed by atoms with Crippen LogP contribution < -0.4 is 16.4 Å². The van der Waals surface area contributed by atoms with Crippen LogP contribution in [0.15, 0.2) is 48.5 Å². The Kier molecular flexibility index (Phi) is 3.20. The number of aromatic carboxylic acids is 1. The summed E-state index contributed by atoms with van der Waals surface area (Å²) in [4.78, 5) is 38.2. The molecule has 0 saturated heterocycles. The van der Waals surface area contributed by atoms with Crippen molar-refractivity contribution in [3.63, 3.8) is 0 Å². The first-order chi connectivity index (χ1) is 12.4. The number of carboxylic acid groups (broad SMARTS) is 1. The summed E-state index contributed by atoms with van der Waals surface area (Å²) >= 11 is 0. The minimum Gasteiger partial charge on any atom is -0.478 e. The number of amides is 2. The molecule has 0 fully saturated rings. The van der Waals surface area contributed by atoms with Crippen molar-refractivity contribution in [1.29, 1.82) is 0 Å². The van der Waals surface area contributed by atoms with E-state index in [1.807, 2.05) is 0 Å². The number of carbonyl (C=O) groups is 3. The summed E-state index contributed by atoms with van der Waals surface area (Å²) in [6.45, 7) is 0. The van der Waals surface area contributed by atoms with E-state index in [4.69, 9.17) is 11.5 Å². The van der Waals surface area contributed by atoms with Crippen molar-refractivity contribution in [3.05, 3.63) is 65.2 Å². The molecule has 1 heterocycles. The topological polar surface area (TPSA) is 127 Å². The highest BCUT2D eigenvalue weighted by Crippen LogP contribution is 2.35. The van der Waals surface area contributed by atoms with Crippen LogP contribution in [0.5, 0.6) is 0 Å². The Morgan fingerprint density at radius 3 is 2.00 bits per heavy atom. The third-order valence-corrected chi connectivity index (χ3v) is 4.31. The average Bonchev–Trinajstić information content (AvgIpc) is 2.59. The SMILES string of the molecule is Nc1cc2c3c(cc(N)cc3c1)C(=O)N(c1cccc(C(=O)O)c1)C2=O. The van der Waals surface area contributed by atoms with Gasteiger partial charge in [-0.05, 0) is 47.9 Å². The first kappa shape index (κ1) is 15.6. The fourth-order valence-corrected chi connectivity index (χ4v) is 3.25. The van der Waals surface area contributed by atoms with Gasteiger partial charge in [0.05, 0.1) is 22.4 Å². The predicted octanol–water partition coefficient (Wildman–Crippen LogP) is 2.50. The Bertz CT molecular complexity index is 1080. The van der Waals surface area contributed by atoms with Crippen molar-refractivity contribution >= 4 is 45.6 Å². The summed E-state index contributed by atoms with van der Waals surface area (Å²) in [5.74, 6) is -2.28. The number of hydrogen-bond acceptors (Lipinski definition) is 5. The Hall–Kier alpha value is -3.87. The number of carboxylic acids is 1. The molecule has 0 unspecified atom stereocenters. The van der Waals surface area contributed by atoms with Gasteiger partial charge < -0.3 is 16.6 Å². The molecule has 3 aromatic carbocycles. The van der Waals surface area contributed by atoms with Gasteiger partial charge in [-0.1, -0.05) is 6.07 Å². The van der Waals surface area contributed by atoms with Crippen LogP contribution in [0.1, 0.15) is 31.1 Å². The van der Waals surface area contributed by atoms with Gasteiger partial charge in [0.15, 0.2) is 0 Å². The number of hydrogen-bond donors (Lipinski definition) is 3. The number of rotatable bonds is 2. The summed E-state index contributed by atoms with van der Waals surface area (Å²) < 4.78 is 0. The van der Waals surface area contributed by atoms with Gasteiger partial charge in [-0.3, -0.25) is 9.59 Å². The van der Waals surface area contributed by atoms with Crippen molar-refractivity contribution in [2.24, 2.45) is 0 Å². The standard InChI is InChI=1S/C19H13N3O4/c20-11-4-10-5-12(21)8-15-16(10)14(7-11)17(23)22(18(15)24)13-3-1-2-9(6-13)19(25)26/h1-8H,20-21H2,(H,25,26). The van der Waals surface area contributed by atoms with Gasteiger partial charge in [-0.25, -0.2) is 9.69 Å². The highest BCUT2D eigenvalue weighted by molar-refractivity contribution is 6.36. The zero-order chi connectivity index (χ0) is 18.6. The smallest absolute Gasteiger partial charge is 0.335 e. The van der Waals surface area contributed by atoms with Crippen LogP contribution in [0.3, 0.4) is 0 Å². The van der Waals surface area contributed by atoms with Gasteiger partial charge in [0.25, 0.3) is 11.8 Å². The molecule has 2 amide bonds. The second-order valence-corrected chi connectivity index (χ2v) is 6.04. The molecular weight excluding hydrogens is 334 g/mol. The lowest BCUT2D eigenvalue weighted by atomic mass is 9.92. The molecular formula is C19H13N3O4. The molecule has 128 valence electrons. The van der Waals surface area contributed by atoms with Gasteiger partial charge in [0.1, 0.15) is 0 Å². The fraction of sp³-hybridized carbons (Fsp3) is 0. The molecule has 3 aromatic rings. The van der Waals surface area contributed by atoms with E-state index in [-0.39, 0.29) is 22.4 Å². The van der Waals surface area contributed by atoms with Crippen molar-refractivity contribution in [1.82, 2.24) is 0 Å². The third-order valence-electron chi connectivity index (χ3n) is 4.31. The van der Waals surface area contributed by atoms with E-state index >= 15 is 0 Å². The van der Waals surface area contributed by atoms with E-state index in [0.29, 0.717) is 22.1 Å². The maximum atomic E-state index is 13.0. The van der Waals surface area contributed by atoms with Crippen LogP contribution in [0.2, 0.25) is 0 Å². The van der Waals surface area contributed by atoms with Crippen LogP contribution in [0.4, 0.5) is 17.1 Å². The predicted molar refractivity (Wildman–Crippen MR) is 97.3 cm³/mol. The van der Waals surface area contributed by atoms with Crippen LogP contribution in [-0.2, 0) is 0 Å². The minimum atomic E-state index is -1.15. The molecule has 0 radical (unpaired) electrons. The average molecular weight is 347 g/mol. The number of carbonyl (C=O) groups excluding carboxylic acids is 2. The minimum absolute atomic E-state index is 0.0285. The second-order valence-electron chi connectivity index (χ2n) is 6.04. The van der Waals surface area contributed by atoms with Gasteiger partial charge in [-0.2, -0.15) is 0 Å². The maximum absolute atomic E-state index is 13.0. The van der Waals surface area contributed by atoms with Crippen LogP contribution in [0.25, 0.3) is 10.8 Å². The molecule has 7 heteroatoms. The third kappa shape index (κ3) is 2.18. The van der Waals surface area contributed by atoms with E-state index < -0.39 is 17.8 Å². The van der Waals surface area contributed by atoms with Crippen LogP contribution in [-0.4, -0.2) is 22.9 Å². The highest BCUT2D eigenvalue weighted by atomic mass is 16.4. The lowest BCUT2D eigenvalue weighted by Crippen LogP contribution is -2.40. The summed E-state index contributed by atoms with van der Waals surface area (Å²) in [7, 11) is 0. The van der Waals surface area contributed by atoms with E-state index in [9.17, 15) is 19.5 Å². The summed E-state index contributed by atoms with van der Waals surface area (Å²) in [5, 5.41) is 10.3. The van der Waals surface area contributed by atoms with Crippen molar-refractivity contribution < 1.29 is 19.5 Å². The molecule has 0 bridgehead atoms. The van der Waals surface area contributed by atoms with Crippen molar-refractivity contribution in [2.45, 2.75) is 0 Å². The molecule has 4 rings (SSSR count). The number of nitrogens with zero attached hydrogens (tertiary/aromatic N) is 1. The highest BCUT2D eigenvalue weighted by Gasteiger charge is 2.34. The largest absolute Gasteiger partial charge is 0.478 e. The molecule has 0 saturated carbocycles. The Balaban J connectivity index is 1.99. The first-order valence-corrected chi connectivity index (χ1v) is 7.71. The molecule has 7 nitrogen and oxygen atoms in total. The Morgan fingerprint density at radius 1 is 0.885 bits per heavy atom. The Morgan fingerprint density at radius 2 is 1.46 bits per heavy atom. The molecule has 1 aliphatic heterocycles. The number of nitrogens with two attached hydrogens (primary N) is 2. The van der Waals surface area contributed by atoms with Crippen LogP contribution in [0, 0.1) is 0 Å².